The van der Waals surface area contributed by atoms with E-state index in [1.165, 1.54) is 19.2 Å². The normalized spacial score (nSPS) is 15.3. The summed E-state index contributed by atoms with van der Waals surface area (Å²) in [5.41, 5.74) is 9.26. The summed E-state index contributed by atoms with van der Waals surface area (Å²) < 4.78 is 33.6. The molecule has 0 spiro atoms. The van der Waals surface area contributed by atoms with Gasteiger partial charge in [-0.15, -0.1) is 0 Å². The maximum absolute atomic E-state index is 12.8. The van der Waals surface area contributed by atoms with Crippen molar-refractivity contribution in [2.75, 3.05) is 18.2 Å². The fraction of sp³-hybridized carbons (Fsp3) is 0.174. The number of nitrogen functional groups attached to an aromatic ring is 1. The third kappa shape index (κ3) is 4.40. The molecule has 0 fully saturated rings. The van der Waals surface area contributed by atoms with Crippen LogP contribution in [-0.4, -0.2) is 21.4 Å². The lowest BCUT2D eigenvalue weighted by molar-refractivity contribution is 0.102. The molecule has 3 aromatic carbocycles. The number of aryl methyl sites for hydroxylation is 1. The Hall–Kier alpha value is -3.36. The number of ether oxygens (including phenoxy) is 1. The van der Waals surface area contributed by atoms with Crippen LogP contribution >= 0.6 is 0 Å². The van der Waals surface area contributed by atoms with E-state index in [-0.39, 0.29) is 16.8 Å². The third-order valence-corrected chi connectivity index (χ3v) is 6.81. The van der Waals surface area contributed by atoms with Gasteiger partial charge in [0.1, 0.15) is 5.75 Å². The topological polar surface area (TPSA) is 111 Å². The first kappa shape index (κ1) is 20.9. The summed E-state index contributed by atoms with van der Waals surface area (Å²) in [4.78, 5) is 12.8. The fourth-order valence-corrected chi connectivity index (χ4v) is 4.99. The molecule has 0 saturated heterocycles. The van der Waals surface area contributed by atoms with Crippen molar-refractivity contribution in [1.82, 2.24) is 4.72 Å². The van der Waals surface area contributed by atoms with E-state index in [9.17, 15) is 13.2 Å². The van der Waals surface area contributed by atoms with Gasteiger partial charge in [0, 0.05) is 17.7 Å². The number of para-hydroxylation sites is 2. The molecule has 31 heavy (non-hydrogen) atoms. The van der Waals surface area contributed by atoms with Crippen molar-refractivity contribution in [3.05, 3.63) is 83.4 Å². The molecular formula is C23H23N3O4S. The highest BCUT2D eigenvalue weighted by molar-refractivity contribution is 7.89. The molecule has 4 rings (SSSR count). The highest BCUT2D eigenvalue weighted by Crippen LogP contribution is 2.33. The third-order valence-electron chi connectivity index (χ3n) is 5.34. The minimum atomic E-state index is -3.71. The van der Waals surface area contributed by atoms with Crippen LogP contribution in [0.15, 0.2) is 71.6 Å². The number of methoxy groups -OCH3 is 1. The van der Waals surface area contributed by atoms with Crippen LogP contribution in [0.25, 0.3) is 0 Å². The van der Waals surface area contributed by atoms with Crippen molar-refractivity contribution in [1.29, 1.82) is 0 Å². The van der Waals surface area contributed by atoms with Crippen LogP contribution in [0.2, 0.25) is 0 Å². The largest absolute Gasteiger partial charge is 0.497 e. The first-order valence-electron chi connectivity index (χ1n) is 9.82. The van der Waals surface area contributed by atoms with Crippen LogP contribution in [-0.2, 0) is 16.4 Å². The van der Waals surface area contributed by atoms with E-state index in [4.69, 9.17) is 10.5 Å². The van der Waals surface area contributed by atoms with Gasteiger partial charge >= 0.3 is 0 Å². The number of fused-ring (bicyclic) bond motifs is 1. The molecule has 160 valence electrons. The van der Waals surface area contributed by atoms with E-state index in [0.717, 1.165) is 11.1 Å². The molecule has 1 atom stereocenters. The minimum absolute atomic E-state index is 0.150. The monoisotopic (exact) mass is 437 g/mol. The molecule has 0 aromatic heterocycles. The smallest absolute Gasteiger partial charge is 0.255 e. The van der Waals surface area contributed by atoms with E-state index in [0.29, 0.717) is 35.5 Å². The summed E-state index contributed by atoms with van der Waals surface area (Å²) in [6, 6.07) is 18.4. The predicted molar refractivity (Wildman–Crippen MR) is 120 cm³/mol. The van der Waals surface area contributed by atoms with Crippen LogP contribution < -0.4 is 20.5 Å². The molecule has 8 heteroatoms. The molecule has 0 saturated carbocycles. The molecule has 1 aliphatic rings. The molecule has 0 heterocycles. The van der Waals surface area contributed by atoms with Gasteiger partial charge in [-0.25, -0.2) is 13.1 Å². The molecular weight excluding hydrogens is 414 g/mol. The molecule has 1 amide bonds. The average molecular weight is 438 g/mol. The van der Waals surface area contributed by atoms with Gasteiger partial charge in [0.15, 0.2) is 0 Å². The average Bonchev–Trinajstić information content (AvgIpc) is 3.16. The highest BCUT2D eigenvalue weighted by atomic mass is 32.2. The number of benzene rings is 3. The Bertz CT molecular complexity index is 1240. The van der Waals surface area contributed by atoms with Crippen molar-refractivity contribution >= 4 is 27.3 Å². The number of rotatable bonds is 6. The molecule has 7 nitrogen and oxygen atoms in total. The second-order valence-electron chi connectivity index (χ2n) is 7.35. The lowest BCUT2D eigenvalue weighted by Gasteiger charge is -2.15. The maximum Gasteiger partial charge on any atom is 0.255 e. The fourth-order valence-electron chi connectivity index (χ4n) is 3.71. The van der Waals surface area contributed by atoms with E-state index >= 15 is 0 Å². The van der Waals surface area contributed by atoms with Crippen molar-refractivity contribution in [3.63, 3.8) is 0 Å². The van der Waals surface area contributed by atoms with E-state index in [2.05, 4.69) is 10.0 Å². The van der Waals surface area contributed by atoms with Gasteiger partial charge in [-0.3, -0.25) is 4.79 Å². The van der Waals surface area contributed by atoms with Crippen molar-refractivity contribution in [2.24, 2.45) is 0 Å². The first-order chi connectivity index (χ1) is 14.9. The van der Waals surface area contributed by atoms with Crippen molar-refractivity contribution in [2.45, 2.75) is 23.8 Å². The van der Waals surface area contributed by atoms with Gasteiger partial charge < -0.3 is 15.8 Å². The second kappa shape index (κ2) is 8.41. The number of nitrogens with one attached hydrogen (secondary N) is 2. The van der Waals surface area contributed by atoms with Crippen molar-refractivity contribution < 1.29 is 17.9 Å². The number of carbonyl (C=O) groups is 1. The molecule has 0 bridgehead atoms. The van der Waals surface area contributed by atoms with Crippen LogP contribution in [0.5, 0.6) is 5.75 Å². The Morgan fingerprint density at radius 2 is 1.87 bits per heavy atom. The second-order valence-corrected chi connectivity index (χ2v) is 9.06. The quantitative estimate of drug-likeness (QED) is 0.511. The van der Waals surface area contributed by atoms with Crippen LogP contribution in [0.1, 0.15) is 33.9 Å². The van der Waals surface area contributed by atoms with Crippen LogP contribution in [0.4, 0.5) is 11.4 Å². The Morgan fingerprint density at radius 1 is 1.06 bits per heavy atom. The Labute approximate surface area is 181 Å². The summed E-state index contributed by atoms with van der Waals surface area (Å²) in [5, 5.41) is 2.81. The number of hydrogen-bond donors (Lipinski definition) is 3. The Morgan fingerprint density at radius 3 is 2.65 bits per heavy atom. The number of anilines is 2. The number of carbonyl (C=O) groups excluding carboxylic acids is 1. The molecule has 4 N–H and O–H groups in total. The summed E-state index contributed by atoms with van der Waals surface area (Å²) in [6.45, 7) is 0. The van der Waals surface area contributed by atoms with Crippen LogP contribution in [0.3, 0.4) is 0 Å². The SMILES string of the molecule is COc1cccc(S(=O)(=O)NC2CCc3cc(C(=O)Nc4ccccc4N)ccc32)c1. The minimum Gasteiger partial charge on any atom is -0.497 e. The van der Waals surface area contributed by atoms with E-state index in [1.54, 1.807) is 42.5 Å². The Balaban J connectivity index is 1.52. The molecule has 1 unspecified atom stereocenters. The molecule has 1 aliphatic carbocycles. The van der Waals surface area contributed by atoms with E-state index < -0.39 is 10.0 Å². The molecule has 3 aromatic rings. The lowest BCUT2D eigenvalue weighted by atomic mass is 10.0. The van der Waals surface area contributed by atoms with Gasteiger partial charge in [0.25, 0.3) is 5.91 Å². The summed E-state index contributed by atoms with van der Waals surface area (Å²) >= 11 is 0. The number of sulfonamides is 1. The van der Waals surface area contributed by atoms with Gasteiger partial charge in [-0.1, -0.05) is 24.3 Å². The molecule has 0 aliphatic heterocycles. The maximum atomic E-state index is 12.8. The zero-order chi connectivity index (χ0) is 22.0. The first-order valence-corrected chi connectivity index (χ1v) is 11.3. The van der Waals surface area contributed by atoms with Crippen molar-refractivity contribution in [3.8, 4) is 5.75 Å². The molecule has 0 radical (unpaired) electrons. The predicted octanol–water partition coefficient (Wildman–Crippen LogP) is 3.50. The zero-order valence-corrected chi connectivity index (χ0v) is 17.8. The lowest BCUT2D eigenvalue weighted by Crippen LogP contribution is -2.27. The standard InChI is InChI=1S/C23H23N3O4S/c1-30-17-5-4-6-18(14-17)31(28,29)26-21-12-10-15-13-16(9-11-19(15)21)23(27)25-22-8-3-2-7-20(22)24/h2-9,11,13-14,21,26H,10,12,24H2,1H3,(H,25,27). The summed E-state index contributed by atoms with van der Waals surface area (Å²) in [7, 11) is -2.22. The number of hydrogen-bond acceptors (Lipinski definition) is 5. The summed E-state index contributed by atoms with van der Waals surface area (Å²) in [5.74, 6) is 0.213. The highest BCUT2D eigenvalue weighted by Gasteiger charge is 2.28. The van der Waals surface area contributed by atoms with Gasteiger partial charge in [0.05, 0.1) is 23.4 Å². The van der Waals surface area contributed by atoms with Gasteiger partial charge in [-0.05, 0) is 60.4 Å². The Kier molecular flexibility index (Phi) is 5.67. The van der Waals surface area contributed by atoms with E-state index in [1.807, 2.05) is 12.1 Å². The number of amides is 1. The van der Waals surface area contributed by atoms with Gasteiger partial charge in [0.2, 0.25) is 10.0 Å². The van der Waals surface area contributed by atoms with Gasteiger partial charge in [-0.2, -0.15) is 0 Å². The number of nitrogens with two attached hydrogens (primary N) is 1. The zero-order valence-electron chi connectivity index (χ0n) is 17.0. The summed E-state index contributed by atoms with van der Waals surface area (Å²) in [6.07, 6.45) is 1.30. The van der Waals surface area contributed by atoms with Crippen LogP contribution in [0, 0.1) is 0 Å².